The maximum absolute atomic E-state index is 2.57. The van der Waals surface area contributed by atoms with E-state index in [1.54, 1.807) is 0 Å². The fourth-order valence-corrected chi connectivity index (χ4v) is 13.0. The van der Waals surface area contributed by atoms with E-state index in [1.807, 2.05) is 0 Å². The molecule has 0 aliphatic carbocycles. The maximum Gasteiger partial charge on any atom is 0.0468 e. The fourth-order valence-electron chi connectivity index (χ4n) is 13.0. The zero-order chi connectivity index (χ0) is 60.0. The van der Waals surface area contributed by atoms with Crippen LogP contribution in [0.3, 0.4) is 0 Å². The summed E-state index contributed by atoms with van der Waals surface area (Å²) in [6.07, 6.45) is 17.6. The van der Waals surface area contributed by atoms with E-state index in [-0.39, 0.29) is 10.8 Å². The normalized spacial score (nSPS) is 12.0. The molecule has 0 saturated carbocycles. The van der Waals surface area contributed by atoms with Crippen molar-refractivity contribution in [3.63, 3.8) is 0 Å². The van der Waals surface area contributed by atoms with Crippen molar-refractivity contribution in [1.29, 1.82) is 0 Å². The molecule has 0 aliphatic heterocycles. The maximum atomic E-state index is 2.57. The highest BCUT2D eigenvalue weighted by molar-refractivity contribution is 6.22. The minimum Gasteiger partial charge on any atom is -0.310 e. The highest BCUT2D eigenvalue weighted by Crippen LogP contribution is 2.47. The summed E-state index contributed by atoms with van der Waals surface area (Å²) in [7, 11) is 0. The van der Waals surface area contributed by atoms with Crippen LogP contribution in [0.1, 0.15) is 166 Å². The van der Waals surface area contributed by atoms with Crippen molar-refractivity contribution in [3.8, 4) is 22.3 Å². The molecule has 0 fully saturated rings. The first kappa shape index (κ1) is 59.8. The first-order chi connectivity index (χ1) is 41.6. The zero-order valence-corrected chi connectivity index (χ0v) is 53.4. The number of hydrogen-bond acceptors (Lipinski definition) is 2. The molecular weight excluding hydrogens is 1040 g/mol. The lowest BCUT2D eigenvalue weighted by Crippen LogP contribution is -2.14. The summed E-state index contributed by atoms with van der Waals surface area (Å²) in [6, 6.07) is 79.9. The monoisotopic (exact) mass is 1130 g/mol. The summed E-state index contributed by atoms with van der Waals surface area (Å²) in [5.74, 6) is 0. The number of anilines is 6. The standard InChI is InChI=1S/C84H92N2/c1-11-13-15-17-19-21-23-61-30-52-78-79(53-61)81(66-34-32-65-57-75(46-36-64(65)55-66)86(73-47-37-69(38-48-73)83(5,6)7)74-49-39-70(40-50-74)84(8,9)10)77-51-29-62(24-22-20-18-16-14-12-2)54-80(77)82(78)67-33-31-63-35-45-76(58-68(63)56-67)85(71-41-25-59(3)26-42-71)72-43-27-60(4)28-44-72/h25-58H,11-24H2,1-10H3. The topological polar surface area (TPSA) is 6.48 Å². The Morgan fingerprint density at radius 3 is 1.05 bits per heavy atom. The minimum absolute atomic E-state index is 0.0648. The third-order valence-corrected chi connectivity index (χ3v) is 18.2. The van der Waals surface area contributed by atoms with Gasteiger partial charge in [0, 0.05) is 34.1 Å². The Hall–Kier alpha value is -7.94. The van der Waals surface area contributed by atoms with Gasteiger partial charge in [-0.15, -0.1) is 0 Å². The lowest BCUT2D eigenvalue weighted by atomic mass is 9.83. The first-order valence-electron chi connectivity index (χ1n) is 32.7. The van der Waals surface area contributed by atoms with Gasteiger partial charge in [-0.2, -0.15) is 0 Å². The lowest BCUT2D eigenvalue weighted by Gasteiger charge is -2.28. The molecule has 0 atom stereocenters. The number of hydrogen-bond donors (Lipinski definition) is 0. The van der Waals surface area contributed by atoms with Gasteiger partial charge in [0.1, 0.15) is 0 Å². The number of fused-ring (bicyclic) bond motifs is 4. The van der Waals surface area contributed by atoms with Crippen molar-refractivity contribution in [2.45, 2.75) is 170 Å². The molecule has 11 rings (SSSR count). The Morgan fingerprint density at radius 2 is 0.616 bits per heavy atom. The lowest BCUT2D eigenvalue weighted by molar-refractivity contribution is 0.590. The van der Waals surface area contributed by atoms with Crippen molar-refractivity contribution in [3.05, 3.63) is 240 Å². The number of benzene rings is 11. The quantitative estimate of drug-likeness (QED) is 0.0493. The second kappa shape index (κ2) is 26.4. The molecule has 0 unspecified atom stereocenters. The van der Waals surface area contributed by atoms with Gasteiger partial charge in [-0.25, -0.2) is 0 Å². The van der Waals surface area contributed by atoms with Crippen LogP contribution in [0.5, 0.6) is 0 Å². The summed E-state index contributed by atoms with van der Waals surface area (Å²) in [6.45, 7) is 22.7. The van der Waals surface area contributed by atoms with Crippen molar-refractivity contribution in [2.24, 2.45) is 0 Å². The van der Waals surface area contributed by atoms with E-state index in [2.05, 4.69) is 285 Å². The van der Waals surface area contributed by atoms with Crippen molar-refractivity contribution in [2.75, 3.05) is 9.80 Å². The Kier molecular flexibility index (Phi) is 18.3. The van der Waals surface area contributed by atoms with E-state index in [0.29, 0.717) is 0 Å². The molecule has 0 N–H and O–H groups in total. The molecule has 0 aliphatic rings. The molecule has 86 heavy (non-hydrogen) atoms. The highest BCUT2D eigenvalue weighted by Gasteiger charge is 2.23. The largest absolute Gasteiger partial charge is 0.310 e. The smallest absolute Gasteiger partial charge is 0.0468 e. The third-order valence-electron chi connectivity index (χ3n) is 18.2. The molecule has 0 aromatic heterocycles. The predicted molar refractivity (Wildman–Crippen MR) is 378 cm³/mol. The van der Waals surface area contributed by atoms with Crippen LogP contribution in [0.25, 0.3) is 65.3 Å². The number of nitrogens with zero attached hydrogens (tertiary/aromatic N) is 2. The van der Waals surface area contributed by atoms with Gasteiger partial charge in [0.25, 0.3) is 0 Å². The molecule has 0 bridgehead atoms. The van der Waals surface area contributed by atoms with Crippen molar-refractivity contribution in [1.82, 2.24) is 0 Å². The fraction of sp³-hybridized carbons (Fsp3) is 0.310. The molecule has 0 amide bonds. The van der Waals surface area contributed by atoms with Gasteiger partial charge in [-0.05, 0) is 223 Å². The molecule has 0 heterocycles. The van der Waals surface area contributed by atoms with Gasteiger partial charge in [-0.1, -0.05) is 252 Å². The van der Waals surface area contributed by atoms with Crippen molar-refractivity contribution >= 4 is 77.2 Å². The Bertz CT molecular complexity index is 3990. The zero-order valence-electron chi connectivity index (χ0n) is 53.4. The summed E-state index contributed by atoms with van der Waals surface area (Å²) < 4.78 is 0. The SMILES string of the molecule is CCCCCCCCc1ccc2c(-c3ccc4ccc(N(c5ccc(C)cc5)c5ccc(C)cc5)cc4c3)c3cc(CCCCCCCC)ccc3c(-c3ccc4cc(N(c5ccc(C(C)(C)C)cc5)c5ccc(C(C)(C)C)cc5)ccc4c3)c2c1. The molecule has 0 saturated heterocycles. The van der Waals surface area contributed by atoms with E-state index in [1.165, 1.54) is 176 Å². The van der Waals surface area contributed by atoms with Crippen LogP contribution in [-0.2, 0) is 23.7 Å². The first-order valence-corrected chi connectivity index (χ1v) is 32.7. The van der Waals surface area contributed by atoms with Crippen LogP contribution in [0.15, 0.2) is 206 Å². The van der Waals surface area contributed by atoms with Crippen LogP contribution in [0, 0.1) is 13.8 Å². The van der Waals surface area contributed by atoms with Crippen LogP contribution in [0.4, 0.5) is 34.1 Å². The average molecular weight is 1130 g/mol. The summed E-state index contributed by atoms with van der Waals surface area (Å²) in [4.78, 5) is 4.83. The molecular formula is C84H92N2. The molecule has 0 spiro atoms. The molecule has 438 valence electrons. The van der Waals surface area contributed by atoms with Crippen LogP contribution >= 0.6 is 0 Å². The van der Waals surface area contributed by atoms with Gasteiger partial charge in [0.05, 0.1) is 0 Å². The number of unbranched alkanes of at least 4 members (excludes halogenated alkanes) is 10. The van der Waals surface area contributed by atoms with E-state index in [4.69, 9.17) is 0 Å². The highest BCUT2D eigenvalue weighted by atomic mass is 15.1. The molecule has 11 aromatic rings. The summed E-state index contributed by atoms with van der Waals surface area (Å²) in [5.41, 5.74) is 20.2. The summed E-state index contributed by atoms with van der Waals surface area (Å²) in [5, 5.41) is 10.2. The number of aryl methyl sites for hydroxylation is 4. The van der Waals surface area contributed by atoms with Crippen LogP contribution in [0.2, 0.25) is 0 Å². The minimum atomic E-state index is 0.0648. The van der Waals surface area contributed by atoms with Crippen molar-refractivity contribution < 1.29 is 0 Å². The molecule has 2 nitrogen and oxygen atoms in total. The van der Waals surface area contributed by atoms with Crippen LogP contribution < -0.4 is 9.80 Å². The Morgan fingerprint density at radius 1 is 0.279 bits per heavy atom. The second-order valence-electron chi connectivity index (χ2n) is 27.0. The Labute approximate surface area is 516 Å². The van der Waals surface area contributed by atoms with E-state index >= 15 is 0 Å². The van der Waals surface area contributed by atoms with E-state index in [9.17, 15) is 0 Å². The molecule has 2 heteroatoms. The van der Waals surface area contributed by atoms with Crippen LogP contribution in [-0.4, -0.2) is 0 Å². The summed E-state index contributed by atoms with van der Waals surface area (Å²) >= 11 is 0. The Balaban J connectivity index is 1.07. The third kappa shape index (κ3) is 13.5. The van der Waals surface area contributed by atoms with Gasteiger partial charge < -0.3 is 9.80 Å². The van der Waals surface area contributed by atoms with Gasteiger partial charge in [-0.3, -0.25) is 0 Å². The predicted octanol–water partition coefficient (Wildman–Crippen LogP) is 25.6. The van der Waals surface area contributed by atoms with Gasteiger partial charge >= 0.3 is 0 Å². The number of rotatable bonds is 22. The van der Waals surface area contributed by atoms with Gasteiger partial charge in [0.15, 0.2) is 0 Å². The average Bonchev–Trinajstić information content (AvgIpc) is 0.840. The van der Waals surface area contributed by atoms with E-state index in [0.717, 1.165) is 47.0 Å². The molecule has 11 aromatic carbocycles. The molecule has 0 radical (unpaired) electrons. The second-order valence-corrected chi connectivity index (χ2v) is 27.0. The van der Waals surface area contributed by atoms with E-state index < -0.39 is 0 Å². The van der Waals surface area contributed by atoms with Gasteiger partial charge in [0.2, 0.25) is 0 Å².